The molecule has 0 aliphatic carbocycles. The van der Waals surface area contributed by atoms with Gasteiger partial charge in [0, 0.05) is 52.2 Å². The van der Waals surface area contributed by atoms with Gasteiger partial charge in [0.15, 0.2) is 15.3 Å². The first-order valence-electron chi connectivity index (χ1n) is 10.5. The van der Waals surface area contributed by atoms with Crippen LogP contribution >= 0.6 is 0 Å². The summed E-state index contributed by atoms with van der Waals surface area (Å²) in [6.07, 6.45) is 2.64. The maximum absolute atomic E-state index is 13.2. The van der Waals surface area contributed by atoms with Crippen LogP contribution < -0.4 is 0 Å². The van der Waals surface area contributed by atoms with Gasteiger partial charge in [0.2, 0.25) is 0 Å². The third kappa shape index (κ3) is 4.15. The van der Waals surface area contributed by atoms with Gasteiger partial charge in [-0.15, -0.1) is 4.31 Å². The summed E-state index contributed by atoms with van der Waals surface area (Å²) < 4.78 is 38.7. The fourth-order valence-electron chi connectivity index (χ4n) is 4.51. The molecule has 0 radical (unpaired) electrons. The summed E-state index contributed by atoms with van der Waals surface area (Å²) in [5.74, 6) is 0.449. The highest BCUT2D eigenvalue weighted by atomic mass is 32.3. The third-order valence-electron chi connectivity index (χ3n) is 6.39. The van der Waals surface area contributed by atoms with Crippen LogP contribution in [0.5, 0.6) is 0 Å². The zero-order valence-corrected chi connectivity index (χ0v) is 17.8. The van der Waals surface area contributed by atoms with Crippen LogP contribution in [-0.4, -0.2) is 71.3 Å². The molecule has 1 spiro atoms. The molecule has 3 fully saturated rings. The molecule has 3 saturated heterocycles. The smallest absolute Gasteiger partial charge is 0.255 e. The number of hydrogen-bond acceptors (Lipinski definition) is 6. The van der Waals surface area contributed by atoms with Gasteiger partial charge in [0.05, 0.1) is 18.2 Å². The van der Waals surface area contributed by atoms with Crippen molar-refractivity contribution < 1.29 is 23.0 Å². The first kappa shape index (κ1) is 21.4. The molecule has 9 heteroatoms. The number of ether oxygens (including phenoxy) is 2. The zero-order valence-electron chi connectivity index (χ0n) is 17.0. The van der Waals surface area contributed by atoms with E-state index in [-0.39, 0.29) is 23.9 Å². The molecule has 3 heterocycles. The van der Waals surface area contributed by atoms with Crippen LogP contribution in [-0.2, 0) is 28.9 Å². The van der Waals surface area contributed by atoms with Crippen LogP contribution in [0.15, 0.2) is 29.2 Å². The molecule has 0 saturated carbocycles. The molecule has 0 bridgehead atoms. The minimum Gasteiger partial charge on any atom is -0.593 e. The van der Waals surface area contributed by atoms with Gasteiger partial charge < -0.3 is 18.9 Å². The largest absolute Gasteiger partial charge is 0.593 e. The Kier molecular flexibility index (Phi) is 6.23. The van der Waals surface area contributed by atoms with Crippen LogP contribution in [0.4, 0.5) is 0 Å². The number of hydrogen-bond donors (Lipinski definition) is 0. The first-order valence-corrected chi connectivity index (χ1v) is 11.9. The molecule has 4 rings (SSSR count). The van der Waals surface area contributed by atoms with E-state index < -0.39 is 16.0 Å². The fourth-order valence-corrected chi connectivity index (χ4v) is 5.96. The predicted octanol–water partition coefficient (Wildman–Crippen LogP) is 1.58. The van der Waals surface area contributed by atoms with E-state index in [1.807, 2.05) is 11.0 Å². The van der Waals surface area contributed by atoms with Gasteiger partial charge in [-0.05, 0) is 43.0 Å². The van der Waals surface area contributed by atoms with Crippen molar-refractivity contribution in [3.05, 3.63) is 29.8 Å². The SMILES string of the molecule is N#Cc1ccc([S+](=O)([O-])N2CCC3(CC2)OCCN(CC2CCOCC2)C3=O)cc1. The van der Waals surface area contributed by atoms with Crippen molar-refractivity contribution in [2.45, 2.75) is 36.2 Å². The number of amides is 1. The van der Waals surface area contributed by atoms with Crippen molar-refractivity contribution in [1.29, 1.82) is 5.26 Å². The van der Waals surface area contributed by atoms with E-state index in [0.29, 0.717) is 37.5 Å². The molecule has 8 nitrogen and oxygen atoms in total. The maximum atomic E-state index is 13.2. The highest BCUT2D eigenvalue weighted by Gasteiger charge is 2.50. The summed E-state index contributed by atoms with van der Waals surface area (Å²) in [6, 6.07) is 7.90. The van der Waals surface area contributed by atoms with E-state index in [9.17, 15) is 13.6 Å². The summed E-state index contributed by atoms with van der Waals surface area (Å²) in [4.78, 5) is 15.3. The van der Waals surface area contributed by atoms with Crippen molar-refractivity contribution >= 4 is 16.3 Å². The Bertz CT molecular complexity index is 854. The molecule has 1 aromatic carbocycles. The Balaban J connectivity index is 1.41. The Labute approximate surface area is 178 Å². The molecule has 162 valence electrons. The molecule has 1 amide bonds. The lowest BCUT2D eigenvalue weighted by molar-refractivity contribution is -0.179. The predicted molar refractivity (Wildman–Crippen MR) is 108 cm³/mol. The van der Waals surface area contributed by atoms with Crippen molar-refractivity contribution in [2.24, 2.45) is 5.92 Å². The molecule has 1 unspecified atom stereocenters. The highest BCUT2D eigenvalue weighted by molar-refractivity contribution is 7.95. The first-order chi connectivity index (χ1) is 14.4. The third-order valence-corrected chi connectivity index (χ3v) is 8.30. The number of sulfonamides is 1. The molecular formula is C21H27N3O5S. The lowest BCUT2D eigenvalue weighted by atomic mass is 9.88. The van der Waals surface area contributed by atoms with E-state index in [0.717, 1.165) is 32.6 Å². The van der Waals surface area contributed by atoms with Gasteiger partial charge in [-0.1, -0.05) is 4.21 Å². The molecule has 0 aromatic heterocycles. The molecule has 3 aliphatic rings. The minimum absolute atomic E-state index is 0.00402. The number of morpholine rings is 1. The average molecular weight is 434 g/mol. The van der Waals surface area contributed by atoms with Crippen LogP contribution in [0, 0.1) is 17.2 Å². The summed E-state index contributed by atoms with van der Waals surface area (Å²) in [5, 5.41) is 8.90. The van der Waals surface area contributed by atoms with Gasteiger partial charge in [-0.3, -0.25) is 4.79 Å². The van der Waals surface area contributed by atoms with Gasteiger partial charge in [-0.25, -0.2) is 0 Å². The van der Waals surface area contributed by atoms with Crippen LogP contribution in [0.2, 0.25) is 0 Å². The van der Waals surface area contributed by atoms with Gasteiger partial charge in [-0.2, -0.15) is 5.26 Å². The summed E-state index contributed by atoms with van der Waals surface area (Å²) in [6.45, 7) is 3.76. The second-order valence-electron chi connectivity index (χ2n) is 8.19. The maximum Gasteiger partial charge on any atom is 0.255 e. The molecule has 1 atom stereocenters. The summed E-state index contributed by atoms with van der Waals surface area (Å²) in [7, 11) is -3.67. The Morgan fingerprint density at radius 3 is 2.43 bits per heavy atom. The molecule has 30 heavy (non-hydrogen) atoms. The van der Waals surface area contributed by atoms with E-state index in [2.05, 4.69) is 0 Å². The zero-order chi connectivity index (χ0) is 21.2. The average Bonchev–Trinajstić information content (AvgIpc) is 2.78. The molecule has 3 aliphatic heterocycles. The monoisotopic (exact) mass is 433 g/mol. The number of carbonyl (C=O) groups excluding carboxylic acids is 1. The lowest BCUT2D eigenvalue weighted by Crippen LogP contribution is -2.62. The van der Waals surface area contributed by atoms with Crippen molar-refractivity contribution in [3.8, 4) is 6.07 Å². The van der Waals surface area contributed by atoms with Gasteiger partial charge in [0.1, 0.15) is 5.60 Å². The lowest BCUT2D eigenvalue weighted by Gasteiger charge is -2.46. The fraction of sp³-hybridized carbons (Fsp3) is 0.619. The van der Waals surface area contributed by atoms with E-state index >= 15 is 0 Å². The standard InChI is InChI=1S/C21H27N3O5S/c22-15-17-1-3-19(4-2-17)30(26,27)24-9-7-21(8-10-24)20(25)23(11-14-29-21)16-18-5-12-28-13-6-18/h1-4,18H,5-14,16H2. The number of piperidine rings is 1. The van der Waals surface area contributed by atoms with Crippen LogP contribution in [0.1, 0.15) is 31.2 Å². The second kappa shape index (κ2) is 8.73. The van der Waals surface area contributed by atoms with Crippen molar-refractivity contribution in [2.75, 3.05) is 46.0 Å². The normalized spacial score (nSPS) is 25.1. The van der Waals surface area contributed by atoms with Crippen LogP contribution in [0.3, 0.4) is 0 Å². The molecule has 0 N–H and O–H groups in total. The van der Waals surface area contributed by atoms with E-state index in [1.54, 1.807) is 0 Å². The number of rotatable bonds is 4. The number of carbonyl (C=O) groups is 1. The number of nitrogens with zero attached hydrogens (tertiary/aromatic N) is 3. The van der Waals surface area contributed by atoms with E-state index in [4.69, 9.17) is 14.7 Å². The Hall–Kier alpha value is -1.83. The number of nitriles is 1. The minimum atomic E-state index is -3.67. The van der Waals surface area contributed by atoms with Gasteiger partial charge in [0.25, 0.3) is 5.91 Å². The molecule has 1 aromatic rings. The van der Waals surface area contributed by atoms with Gasteiger partial charge >= 0.3 is 0 Å². The second-order valence-corrected chi connectivity index (χ2v) is 10.1. The topological polar surface area (TPSA) is 106 Å². The van der Waals surface area contributed by atoms with Crippen LogP contribution in [0.25, 0.3) is 0 Å². The highest BCUT2D eigenvalue weighted by Crippen LogP contribution is 2.35. The quantitative estimate of drug-likeness (QED) is 0.668. The van der Waals surface area contributed by atoms with Crippen molar-refractivity contribution in [1.82, 2.24) is 9.21 Å². The summed E-state index contributed by atoms with van der Waals surface area (Å²) in [5.41, 5.74) is -0.502. The summed E-state index contributed by atoms with van der Waals surface area (Å²) >= 11 is 0. The van der Waals surface area contributed by atoms with Crippen molar-refractivity contribution in [3.63, 3.8) is 0 Å². The van der Waals surface area contributed by atoms with E-state index in [1.165, 1.54) is 28.6 Å². The Morgan fingerprint density at radius 2 is 1.80 bits per heavy atom. The number of benzene rings is 1. The Morgan fingerprint density at radius 1 is 1.13 bits per heavy atom. The molecular weight excluding hydrogens is 406 g/mol.